The molecule has 5 nitrogen and oxygen atoms in total. The molecule has 0 radical (unpaired) electrons. The lowest BCUT2D eigenvalue weighted by molar-refractivity contribution is 0.0690. The fourth-order valence-corrected chi connectivity index (χ4v) is 1.82. The molecule has 0 bridgehead atoms. The van der Waals surface area contributed by atoms with Crippen LogP contribution in [0.5, 0.6) is 0 Å². The predicted octanol–water partition coefficient (Wildman–Crippen LogP) is 2.56. The average molecular weight is 237 g/mol. The molecule has 94 valence electrons. The zero-order valence-corrected chi connectivity index (χ0v) is 10.5. The molecule has 1 rings (SSSR count). The van der Waals surface area contributed by atoms with E-state index in [1.807, 2.05) is 0 Å². The van der Waals surface area contributed by atoms with Crippen molar-refractivity contribution in [3.8, 4) is 0 Å². The monoisotopic (exact) mass is 237 g/mol. The van der Waals surface area contributed by atoms with Crippen LogP contribution in [0.4, 0.5) is 5.82 Å². The molecule has 0 saturated heterocycles. The molecule has 0 aliphatic rings. The number of nitrogens with zero attached hydrogens (tertiary/aromatic N) is 2. The summed E-state index contributed by atoms with van der Waals surface area (Å²) in [5, 5.41) is 12.1. The Morgan fingerprint density at radius 1 is 1.29 bits per heavy atom. The van der Waals surface area contributed by atoms with Gasteiger partial charge in [0.1, 0.15) is 5.82 Å². The molecule has 1 aromatic rings. The first-order valence-corrected chi connectivity index (χ1v) is 5.90. The van der Waals surface area contributed by atoms with E-state index in [0.717, 1.165) is 19.3 Å². The zero-order valence-electron chi connectivity index (χ0n) is 10.5. The maximum absolute atomic E-state index is 10.8. The largest absolute Gasteiger partial charge is 0.476 e. The third-order valence-corrected chi connectivity index (χ3v) is 3.28. The molecule has 0 aromatic carbocycles. The highest BCUT2D eigenvalue weighted by Crippen LogP contribution is 2.24. The van der Waals surface area contributed by atoms with Gasteiger partial charge in [-0.05, 0) is 19.3 Å². The van der Waals surface area contributed by atoms with Crippen molar-refractivity contribution in [2.24, 2.45) is 0 Å². The van der Waals surface area contributed by atoms with E-state index in [4.69, 9.17) is 5.11 Å². The van der Waals surface area contributed by atoms with Crippen molar-refractivity contribution in [1.82, 2.24) is 9.97 Å². The smallest absolute Gasteiger partial charge is 0.356 e. The standard InChI is InChI=1S/C12H19N3O2/c1-4-12(5-2,6-3)15-10-8-13-7-9(14-10)11(16)17/h7-8H,4-6H2,1-3H3,(H,14,15)(H,16,17). The molecule has 2 N–H and O–H groups in total. The number of aromatic nitrogens is 2. The van der Waals surface area contributed by atoms with E-state index in [1.54, 1.807) is 6.20 Å². The normalized spacial score (nSPS) is 11.2. The number of rotatable bonds is 6. The molecular formula is C12H19N3O2. The van der Waals surface area contributed by atoms with Gasteiger partial charge in [0.05, 0.1) is 12.4 Å². The first-order valence-electron chi connectivity index (χ1n) is 5.90. The van der Waals surface area contributed by atoms with E-state index in [0.29, 0.717) is 5.82 Å². The maximum atomic E-state index is 10.8. The van der Waals surface area contributed by atoms with Gasteiger partial charge in [-0.2, -0.15) is 0 Å². The number of carboxylic acids is 1. The van der Waals surface area contributed by atoms with Crippen molar-refractivity contribution in [3.63, 3.8) is 0 Å². The number of hydrogen-bond donors (Lipinski definition) is 2. The van der Waals surface area contributed by atoms with Crippen molar-refractivity contribution < 1.29 is 9.90 Å². The van der Waals surface area contributed by atoms with Crippen molar-refractivity contribution in [2.45, 2.75) is 45.6 Å². The summed E-state index contributed by atoms with van der Waals surface area (Å²) in [5.74, 6) is -0.535. The number of nitrogens with one attached hydrogen (secondary N) is 1. The average Bonchev–Trinajstić information content (AvgIpc) is 2.36. The molecule has 17 heavy (non-hydrogen) atoms. The molecule has 0 atom stereocenters. The lowest BCUT2D eigenvalue weighted by Crippen LogP contribution is -2.36. The Kier molecular flexibility index (Phi) is 4.43. The zero-order chi connectivity index (χ0) is 12.9. The fourth-order valence-electron chi connectivity index (χ4n) is 1.82. The molecule has 0 unspecified atom stereocenters. The summed E-state index contributed by atoms with van der Waals surface area (Å²) in [6.07, 6.45) is 5.68. The molecule has 1 aromatic heterocycles. The quantitative estimate of drug-likeness (QED) is 0.795. The summed E-state index contributed by atoms with van der Waals surface area (Å²) in [6.45, 7) is 6.32. The molecular weight excluding hydrogens is 218 g/mol. The van der Waals surface area contributed by atoms with Crippen LogP contribution in [0.15, 0.2) is 12.4 Å². The predicted molar refractivity (Wildman–Crippen MR) is 66.2 cm³/mol. The van der Waals surface area contributed by atoms with Gasteiger partial charge in [0.2, 0.25) is 0 Å². The Bertz CT molecular complexity index is 381. The van der Waals surface area contributed by atoms with E-state index in [-0.39, 0.29) is 11.2 Å². The molecule has 0 aliphatic heterocycles. The van der Waals surface area contributed by atoms with Gasteiger partial charge in [-0.1, -0.05) is 20.8 Å². The van der Waals surface area contributed by atoms with E-state index in [2.05, 4.69) is 36.1 Å². The second kappa shape index (κ2) is 5.61. The third-order valence-electron chi connectivity index (χ3n) is 3.28. The van der Waals surface area contributed by atoms with Crippen LogP contribution >= 0.6 is 0 Å². The summed E-state index contributed by atoms with van der Waals surface area (Å²) < 4.78 is 0. The van der Waals surface area contributed by atoms with Crippen LogP contribution < -0.4 is 5.32 Å². The van der Waals surface area contributed by atoms with E-state index < -0.39 is 5.97 Å². The minimum absolute atomic E-state index is 0.0350. The van der Waals surface area contributed by atoms with Crippen LogP contribution in [0, 0.1) is 0 Å². The summed E-state index contributed by atoms with van der Waals surface area (Å²) in [7, 11) is 0. The second-order valence-electron chi connectivity index (χ2n) is 4.06. The Labute approximate surface area is 101 Å². The van der Waals surface area contributed by atoms with Crippen LogP contribution in [0.2, 0.25) is 0 Å². The van der Waals surface area contributed by atoms with Gasteiger partial charge in [0, 0.05) is 5.54 Å². The third kappa shape index (κ3) is 3.15. The Morgan fingerprint density at radius 3 is 2.35 bits per heavy atom. The van der Waals surface area contributed by atoms with Gasteiger partial charge in [0.15, 0.2) is 5.69 Å². The van der Waals surface area contributed by atoms with Gasteiger partial charge in [0.25, 0.3) is 0 Å². The maximum Gasteiger partial charge on any atom is 0.356 e. The lowest BCUT2D eigenvalue weighted by atomic mass is 9.90. The summed E-state index contributed by atoms with van der Waals surface area (Å²) in [5.41, 5.74) is -0.0709. The fraction of sp³-hybridized carbons (Fsp3) is 0.583. The molecule has 0 aliphatic carbocycles. The Hall–Kier alpha value is -1.65. The molecule has 1 heterocycles. The van der Waals surface area contributed by atoms with Crippen LogP contribution in [0.1, 0.15) is 50.5 Å². The van der Waals surface area contributed by atoms with Crippen molar-refractivity contribution in [3.05, 3.63) is 18.1 Å². The first kappa shape index (κ1) is 13.4. The number of hydrogen-bond acceptors (Lipinski definition) is 4. The summed E-state index contributed by atoms with van der Waals surface area (Å²) >= 11 is 0. The van der Waals surface area contributed by atoms with Gasteiger partial charge < -0.3 is 10.4 Å². The first-order chi connectivity index (χ1) is 8.06. The van der Waals surface area contributed by atoms with Crippen LogP contribution in [0.3, 0.4) is 0 Å². The minimum Gasteiger partial charge on any atom is -0.476 e. The van der Waals surface area contributed by atoms with Crippen molar-refractivity contribution in [2.75, 3.05) is 5.32 Å². The second-order valence-corrected chi connectivity index (χ2v) is 4.06. The Balaban J connectivity index is 2.93. The lowest BCUT2D eigenvalue weighted by Gasteiger charge is -2.32. The van der Waals surface area contributed by atoms with Crippen LogP contribution in [-0.4, -0.2) is 26.6 Å². The topological polar surface area (TPSA) is 75.1 Å². The van der Waals surface area contributed by atoms with Gasteiger partial charge in [-0.3, -0.25) is 4.98 Å². The van der Waals surface area contributed by atoms with E-state index in [9.17, 15) is 4.79 Å². The van der Waals surface area contributed by atoms with Crippen LogP contribution in [0.25, 0.3) is 0 Å². The molecule has 0 spiro atoms. The highest BCUT2D eigenvalue weighted by Gasteiger charge is 2.24. The Morgan fingerprint density at radius 2 is 1.88 bits per heavy atom. The number of carbonyl (C=O) groups is 1. The number of carboxylic acid groups (broad SMARTS) is 1. The van der Waals surface area contributed by atoms with Crippen LogP contribution in [-0.2, 0) is 0 Å². The molecule has 0 amide bonds. The van der Waals surface area contributed by atoms with Gasteiger partial charge >= 0.3 is 5.97 Å². The minimum atomic E-state index is -1.06. The number of aromatic carboxylic acids is 1. The highest BCUT2D eigenvalue weighted by atomic mass is 16.4. The number of anilines is 1. The van der Waals surface area contributed by atoms with E-state index in [1.165, 1.54) is 6.20 Å². The SMILES string of the molecule is CCC(CC)(CC)Nc1cncc(C(=O)O)n1. The van der Waals surface area contributed by atoms with E-state index >= 15 is 0 Å². The molecule has 0 fully saturated rings. The van der Waals surface area contributed by atoms with Gasteiger partial charge in [-0.25, -0.2) is 9.78 Å². The molecule has 0 saturated carbocycles. The summed E-state index contributed by atoms with van der Waals surface area (Å²) in [6, 6.07) is 0. The van der Waals surface area contributed by atoms with Crippen molar-refractivity contribution >= 4 is 11.8 Å². The summed E-state index contributed by atoms with van der Waals surface area (Å²) in [4.78, 5) is 18.7. The van der Waals surface area contributed by atoms with Crippen molar-refractivity contribution in [1.29, 1.82) is 0 Å². The highest BCUT2D eigenvalue weighted by molar-refractivity contribution is 5.85. The van der Waals surface area contributed by atoms with Gasteiger partial charge in [-0.15, -0.1) is 0 Å². The molecule has 5 heteroatoms.